The molecular formula is C21H25N5O4S. The molecule has 4 rings (SSSR count). The third-order valence-electron chi connectivity index (χ3n) is 5.06. The number of imidazole rings is 1. The third-order valence-corrected chi connectivity index (χ3v) is 5.95. The number of fused-ring (bicyclic) bond motifs is 1. The molecule has 1 unspecified atom stereocenters. The molecule has 1 amide bonds. The van der Waals surface area contributed by atoms with E-state index in [9.17, 15) is 15.0 Å². The van der Waals surface area contributed by atoms with Crippen molar-refractivity contribution in [2.45, 2.75) is 33.2 Å². The first-order chi connectivity index (χ1) is 14.9. The van der Waals surface area contributed by atoms with Gasteiger partial charge < -0.3 is 19.8 Å². The number of anilines is 1. The molecule has 0 bridgehead atoms. The van der Waals surface area contributed by atoms with Gasteiger partial charge in [-0.3, -0.25) is 14.3 Å². The number of aryl methyl sites for hydroxylation is 2. The summed E-state index contributed by atoms with van der Waals surface area (Å²) in [5.74, 6) is 0.578. The quantitative estimate of drug-likeness (QED) is 0.578. The summed E-state index contributed by atoms with van der Waals surface area (Å²) in [6.45, 7) is 4.39. The lowest BCUT2D eigenvalue weighted by Gasteiger charge is -2.38. The van der Waals surface area contributed by atoms with Crippen LogP contribution in [-0.4, -0.2) is 62.1 Å². The Morgan fingerprint density at radius 2 is 2.10 bits per heavy atom. The van der Waals surface area contributed by atoms with Gasteiger partial charge in [-0.1, -0.05) is 12.1 Å². The molecule has 10 heteroatoms. The summed E-state index contributed by atoms with van der Waals surface area (Å²) in [6.07, 6.45) is 0.970. The molecule has 1 aliphatic heterocycles. The van der Waals surface area contributed by atoms with Crippen LogP contribution in [0.25, 0.3) is 0 Å². The highest BCUT2D eigenvalue weighted by molar-refractivity contribution is 7.11. The molecule has 0 aliphatic carbocycles. The van der Waals surface area contributed by atoms with Gasteiger partial charge in [0.1, 0.15) is 10.8 Å². The number of hydrogen-bond acceptors (Lipinski definition) is 8. The maximum atomic E-state index is 13.3. The predicted octanol–water partition coefficient (Wildman–Crippen LogP) is 2.35. The average molecular weight is 444 g/mol. The fourth-order valence-electron chi connectivity index (χ4n) is 3.51. The third kappa shape index (κ3) is 4.14. The van der Waals surface area contributed by atoms with E-state index in [0.717, 1.165) is 15.4 Å². The first kappa shape index (κ1) is 21.3. The zero-order chi connectivity index (χ0) is 22.1. The van der Waals surface area contributed by atoms with Crippen LogP contribution in [0, 0.1) is 13.8 Å². The van der Waals surface area contributed by atoms with Crippen molar-refractivity contribution in [3.8, 4) is 11.8 Å². The van der Waals surface area contributed by atoms with Crippen molar-refractivity contribution in [1.82, 2.24) is 19.4 Å². The molecule has 3 aromatic rings. The Balaban J connectivity index is 1.79. The number of aromatic nitrogens is 3. The first-order valence-corrected chi connectivity index (χ1v) is 10.8. The Labute approximate surface area is 184 Å². The minimum atomic E-state index is -1.18. The summed E-state index contributed by atoms with van der Waals surface area (Å²) in [4.78, 5) is 26.2. The highest BCUT2D eigenvalue weighted by Gasteiger charge is 2.40. The first-order valence-electron chi connectivity index (χ1n) is 9.98. The molecule has 31 heavy (non-hydrogen) atoms. The van der Waals surface area contributed by atoms with Gasteiger partial charge in [-0.05, 0) is 38.0 Å². The van der Waals surface area contributed by atoms with Crippen LogP contribution >= 0.6 is 11.3 Å². The van der Waals surface area contributed by atoms with Crippen LogP contribution in [0.1, 0.15) is 32.4 Å². The van der Waals surface area contributed by atoms with E-state index < -0.39 is 6.35 Å². The van der Waals surface area contributed by atoms with Gasteiger partial charge in [0.2, 0.25) is 6.35 Å². The molecule has 2 aromatic heterocycles. The van der Waals surface area contributed by atoms with Crippen molar-refractivity contribution < 1.29 is 19.7 Å². The van der Waals surface area contributed by atoms with Crippen LogP contribution in [0.4, 0.5) is 5.82 Å². The Morgan fingerprint density at radius 1 is 1.29 bits per heavy atom. The van der Waals surface area contributed by atoms with E-state index in [1.165, 1.54) is 21.1 Å². The molecule has 0 spiro atoms. The lowest BCUT2D eigenvalue weighted by Crippen LogP contribution is -2.54. The van der Waals surface area contributed by atoms with Gasteiger partial charge in [0.25, 0.3) is 5.91 Å². The molecule has 3 heterocycles. The largest absolute Gasteiger partial charge is 0.425 e. The van der Waals surface area contributed by atoms with Crippen molar-refractivity contribution in [2.75, 3.05) is 25.1 Å². The number of aliphatic hydroxyl groups excluding tert-OH is 2. The predicted molar refractivity (Wildman–Crippen MR) is 117 cm³/mol. The number of aliphatic hydroxyl groups is 2. The number of nitrogens with zero attached hydrogens (tertiary/aromatic N) is 5. The van der Waals surface area contributed by atoms with Crippen molar-refractivity contribution in [2.24, 2.45) is 0 Å². The van der Waals surface area contributed by atoms with Crippen LogP contribution < -0.4 is 9.64 Å². The summed E-state index contributed by atoms with van der Waals surface area (Å²) >= 11 is 1.54. The van der Waals surface area contributed by atoms with E-state index in [2.05, 4.69) is 9.97 Å². The highest BCUT2D eigenvalue weighted by Crippen LogP contribution is 2.35. The summed E-state index contributed by atoms with van der Waals surface area (Å²) in [7, 11) is 1.67. The highest BCUT2D eigenvalue weighted by atomic mass is 32.1. The topological polar surface area (TPSA) is 104 Å². The standard InChI is InChI=1S/C21H25N5O4S/c1-13-6-4-7-15(10-13)30-20-23-18-17(26(20)12-16-22-11-14(2)31-16)19(28)25(8-5-9-27)21(29)24(18)3/h4,6-7,10-11,21,27,29H,5,8-9,12H2,1-3H3. The molecule has 0 saturated carbocycles. The fourth-order valence-corrected chi connectivity index (χ4v) is 4.29. The van der Waals surface area contributed by atoms with Crippen molar-refractivity contribution >= 4 is 23.1 Å². The summed E-state index contributed by atoms with van der Waals surface area (Å²) < 4.78 is 7.78. The second-order valence-electron chi connectivity index (χ2n) is 7.47. The maximum absolute atomic E-state index is 13.3. The van der Waals surface area contributed by atoms with Crippen LogP contribution in [0.15, 0.2) is 30.5 Å². The fraction of sp³-hybridized carbons (Fsp3) is 0.381. The maximum Gasteiger partial charge on any atom is 0.304 e. The number of carbonyl (C=O) groups is 1. The SMILES string of the molecule is Cc1cccc(Oc2nc3c(n2Cc2ncc(C)s2)C(=O)N(CCCO)C(O)N3C)c1. The van der Waals surface area contributed by atoms with E-state index >= 15 is 0 Å². The number of thiazole rings is 1. The monoisotopic (exact) mass is 443 g/mol. The summed E-state index contributed by atoms with van der Waals surface area (Å²) in [5.41, 5.74) is 1.36. The molecule has 1 atom stereocenters. The molecule has 0 radical (unpaired) electrons. The Bertz CT molecular complexity index is 1100. The Morgan fingerprint density at radius 3 is 2.77 bits per heavy atom. The lowest BCUT2D eigenvalue weighted by atomic mass is 10.2. The number of carbonyl (C=O) groups excluding carboxylic acids is 1. The molecule has 164 valence electrons. The van der Waals surface area contributed by atoms with E-state index in [4.69, 9.17) is 4.74 Å². The van der Waals surface area contributed by atoms with Gasteiger partial charge in [0.15, 0.2) is 11.5 Å². The normalized spacial score (nSPS) is 16.0. The zero-order valence-electron chi connectivity index (χ0n) is 17.6. The van der Waals surface area contributed by atoms with E-state index in [1.807, 2.05) is 38.1 Å². The minimum absolute atomic E-state index is 0.0769. The Hall–Kier alpha value is -2.95. The number of rotatable bonds is 7. The molecule has 0 saturated heterocycles. The van der Waals surface area contributed by atoms with E-state index in [-0.39, 0.29) is 25.1 Å². The van der Waals surface area contributed by atoms with Gasteiger partial charge in [-0.2, -0.15) is 4.98 Å². The van der Waals surface area contributed by atoms with E-state index in [1.54, 1.807) is 17.8 Å². The number of ether oxygens (including phenoxy) is 1. The number of hydrogen-bond donors (Lipinski definition) is 2. The Kier molecular flexibility index (Phi) is 5.94. The lowest BCUT2D eigenvalue weighted by molar-refractivity contribution is 0.00112. The summed E-state index contributed by atoms with van der Waals surface area (Å²) in [6, 6.07) is 7.82. The zero-order valence-corrected chi connectivity index (χ0v) is 18.5. The van der Waals surface area contributed by atoms with Crippen molar-refractivity contribution in [3.63, 3.8) is 0 Å². The van der Waals surface area contributed by atoms with Crippen LogP contribution in [0.5, 0.6) is 11.8 Å². The van der Waals surface area contributed by atoms with Crippen molar-refractivity contribution in [1.29, 1.82) is 0 Å². The minimum Gasteiger partial charge on any atom is -0.425 e. The second kappa shape index (κ2) is 8.66. The molecule has 1 aromatic carbocycles. The van der Waals surface area contributed by atoms with Crippen LogP contribution in [0.2, 0.25) is 0 Å². The molecule has 0 fully saturated rings. The second-order valence-corrected chi connectivity index (χ2v) is 8.79. The van der Waals surface area contributed by atoms with Crippen LogP contribution in [0.3, 0.4) is 0 Å². The van der Waals surface area contributed by atoms with Gasteiger partial charge in [0, 0.05) is 31.3 Å². The average Bonchev–Trinajstić information content (AvgIpc) is 3.30. The number of benzene rings is 1. The van der Waals surface area contributed by atoms with Crippen LogP contribution in [-0.2, 0) is 6.54 Å². The van der Waals surface area contributed by atoms with Gasteiger partial charge >= 0.3 is 6.01 Å². The molecule has 9 nitrogen and oxygen atoms in total. The van der Waals surface area contributed by atoms with Gasteiger partial charge in [0.05, 0.1) is 6.54 Å². The number of amides is 1. The van der Waals surface area contributed by atoms with E-state index in [0.29, 0.717) is 30.2 Å². The van der Waals surface area contributed by atoms with Gasteiger partial charge in [-0.25, -0.2) is 4.98 Å². The molecular weight excluding hydrogens is 418 g/mol. The smallest absolute Gasteiger partial charge is 0.304 e. The summed E-state index contributed by atoms with van der Waals surface area (Å²) in [5, 5.41) is 20.7. The molecule has 2 N–H and O–H groups in total. The van der Waals surface area contributed by atoms with Gasteiger partial charge in [-0.15, -0.1) is 11.3 Å². The van der Waals surface area contributed by atoms with Crippen molar-refractivity contribution in [3.05, 3.63) is 51.6 Å². The molecule has 1 aliphatic rings.